The van der Waals surface area contributed by atoms with Crippen LogP contribution in [-0.4, -0.2) is 35.5 Å². The molecule has 1 aliphatic heterocycles. The van der Waals surface area contributed by atoms with E-state index in [1.165, 1.54) is 12.1 Å². The Hall–Kier alpha value is -1.98. The van der Waals surface area contributed by atoms with Crippen LogP contribution in [0.25, 0.3) is 0 Å². The van der Waals surface area contributed by atoms with Crippen LogP contribution in [0, 0.1) is 5.82 Å². The SMILES string of the molecule is CN(C(=O)Cc1ccc(F)cc1Cl)[C@H]1CCO[C@@H]1c1cccnc1. The molecule has 2 aromatic rings. The molecular weight excluding hydrogens is 331 g/mol. The quantitative estimate of drug-likeness (QED) is 0.850. The fourth-order valence-corrected chi connectivity index (χ4v) is 3.21. The number of pyridine rings is 1. The van der Waals surface area contributed by atoms with Gasteiger partial charge in [0.15, 0.2) is 0 Å². The van der Waals surface area contributed by atoms with E-state index in [9.17, 15) is 9.18 Å². The van der Waals surface area contributed by atoms with Crippen molar-refractivity contribution in [3.8, 4) is 0 Å². The average Bonchev–Trinajstić information content (AvgIpc) is 3.07. The third-order valence-electron chi connectivity index (χ3n) is 4.32. The molecule has 126 valence electrons. The predicted octanol–water partition coefficient (Wildman–Crippen LogP) is 3.41. The van der Waals surface area contributed by atoms with Crippen LogP contribution in [0.3, 0.4) is 0 Å². The van der Waals surface area contributed by atoms with Gasteiger partial charge >= 0.3 is 0 Å². The summed E-state index contributed by atoms with van der Waals surface area (Å²) in [6.45, 7) is 0.596. The number of likely N-dealkylation sites (N-methyl/N-ethyl adjacent to an activating group) is 1. The van der Waals surface area contributed by atoms with Crippen molar-refractivity contribution in [1.29, 1.82) is 0 Å². The summed E-state index contributed by atoms with van der Waals surface area (Å²) in [5.41, 5.74) is 1.58. The highest BCUT2D eigenvalue weighted by Gasteiger charge is 2.35. The smallest absolute Gasteiger partial charge is 0.227 e. The second-order valence-corrected chi connectivity index (χ2v) is 6.26. The Balaban J connectivity index is 1.73. The summed E-state index contributed by atoms with van der Waals surface area (Å²) in [5.74, 6) is -0.488. The zero-order chi connectivity index (χ0) is 17.1. The van der Waals surface area contributed by atoms with Gasteiger partial charge in [0.1, 0.15) is 11.9 Å². The monoisotopic (exact) mass is 348 g/mol. The van der Waals surface area contributed by atoms with Crippen molar-refractivity contribution < 1.29 is 13.9 Å². The number of rotatable bonds is 4. The number of carbonyl (C=O) groups excluding carboxylic acids is 1. The maximum Gasteiger partial charge on any atom is 0.227 e. The van der Waals surface area contributed by atoms with Crippen molar-refractivity contribution in [1.82, 2.24) is 9.88 Å². The van der Waals surface area contributed by atoms with Crippen molar-refractivity contribution in [2.24, 2.45) is 0 Å². The summed E-state index contributed by atoms with van der Waals surface area (Å²) in [6, 6.07) is 7.83. The van der Waals surface area contributed by atoms with Crippen molar-refractivity contribution in [2.45, 2.75) is 25.0 Å². The molecule has 24 heavy (non-hydrogen) atoms. The average molecular weight is 349 g/mol. The van der Waals surface area contributed by atoms with Crippen LogP contribution in [0.4, 0.5) is 4.39 Å². The molecule has 0 saturated carbocycles. The maximum atomic E-state index is 13.1. The first kappa shape index (κ1) is 16.9. The molecule has 0 spiro atoms. The number of hydrogen-bond donors (Lipinski definition) is 0. The number of benzene rings is 1. The van der Waals surface area contributed by atoms with Gasteiger partial charge in [-0.1, -0.05) is 23.7 Å². The van der Waals surface area contributed by atoms with E-state index in [0.717, 1.165) is 12.0 Å². The van der Waals surface area contributed by atoms with E-state index >= 15 is 0 Å². The van der Waals surface area contributed by atoms with E-state index in [4.69, 9.17) is 16.3 Å². The zero-order valence-electron chi connectivity index (χ0n) is 13.3. The van der Waals surface area contributed by atoms with Gasteiger partial charge in [-0.3, -0.25) is 9.78 Å². The molecule has 1 fully saturated rings. The van der Waals surface area contributed by atoms with Gasteiger partial charge in [0, 0.05) is 36.6 Å². The number of halogens is 2. The molecule has 2 heterocycles. The molecule has 1 aromatic heterocycles. The first-order chi connectivity index (χ1) is 11.6. The molecule has 2 atom stereocenters. The molecule has 0 N–H and O–H groups in total. The molecule has 0 radical (unpaired) electrons. The molecule has 0 unspecified atom stereocenters. The maximum absolute atomic E-state index is 13.1. The molecule has 1 saturated heterocycles. The standard InChI is InChI=1S/C18H18ClFN2O2/c1-22(17(23)9-12-4-5-14(20)10-15(12)19)16-6-8-24-18(16)13-3-2-7-21-11-13/h2-5,7,10-11,16,18H,6,8-9H2,1H3/t16-,18+/m0/s1. The van der Waals surface area contributed by atoms with Crippen LogP contribution in [0.5, 0.6) is 0 Å². The van der Waals surface area contributed by atoms with E-state index in [1.54, 1.807) is 30.4 Å². The summed E-state index contributed by atoms with van der Waals surface area (Å²) in [6.07, 6.45) is 4.18. The lowest BCUT2D eigenvalue weighted by atomic mass is 10.0. The molecule has 0 aliphatic carbocycles. The Morgan fingerprint density at radius 2 is 2.29 bits per heavy atom. The number of ether oxygens (including phenoxy) is 1. The molecule has 1 amide bonds. The zero-order valence-corrected chi connectivity index (χ0v) is 14.0. The molecule has 4 nitrogen and oxygen atoms in total. The fourth-order valence-electron chi connectivity index (χ4n) is 2.98. The van der Waals surface area contributed by atoms with Crippen molar-refractivity contribution in [2.75, 3.05) is 13.7 Å². The molecule has 0 bridgehead atoms. The van der Waals surface area contributed by atoms with Gasteiger partial charge in [0.2, 0.25) is 5.91 Å². The predicted molar refractivity (Wildman–Crippen MR) is 89.2 cm³/mol. The van der Waals surface area contributed by atoms with Crippen LogP contribution >= 0.6 is 11.6 Å². The third kappa shape index (κ3) is 3.57. The lowest BCUT2D eigenvalue weighted by molar-refractivity contribution is -0.132. The van der Waals surface area contributed by atoms with Crippen LogP contribution in [0.1, 0.15) is 23.7 Å². The van der Waals surface area contributed by atoms with Gasteiger partial charge in [0.05, 0.1) is 12.5 Å². The van der Waals surface area contributed by atoms with Crippen LogP contribution in [-0.2, 0) is 16.0 Å². The van der Waals surface area contributed by atoms with Gasteiger partial charge < -0.3 is 9.64 Å². The summed E-state index contributed by atoms with van der Waals surface area (Å²) >= 11 is 6.02. The summed E-state index contributed by atoms with van der Waals surface area (Å²) in [7, 11) is 1.77. The third-order valence-corrected chi connectivity index (χ3v) is 4.67. The Morgan fingerprint density at radius 3 is 3.00 bits per heavy atom. The van der Waals surface area contributed by atoms with Gasteiger partial charge in [-0.05, 0) is 30.2 Å². The second kappa shape index (κ2) is 7.28. The molecule has 1 aromatic carbocycles. The minimum atomic E-state index is -0.412. The van der Waals surface area contributed by atoms with E-state index in [0.29, 0.717) is 12.2 Å². The Bertz CT molecular complexity index is 726. The topological polar surface area (TPSA) is 42.4 Å². The van der Waals surface area contributed by atoms with Gasteiger partial charge in [-0.15, -0.1) is 0 Å². The molecule has 1 aliphatic rings. The van der Waals surface area contributed by atoms with Crippen molar-refractivity contribution in [3.63, 3.8) is 0 Å². The van der Waals surface area contributed by atoms with Gasteiger partial charge in [0.25, 0.3) is 0 Å². The Kier molecular flexibility index (Phi) is 5.11. The molecular formula is C18H18ClFN2O2. The van der Waals surface area contributed by atoms with Crippen LogP contribution in [0.2, 0.25) is 5.02 Å². The molecule has 3 rings (SSSR count). The highest BCUT2D eigenvalue weighted by molar-refractivity contribution is 6.31. The van der Waals surface area contributed by atoms with E-state index in [2.05, 4.69) is 4.98 Å². The largest absolute Gasteiger partial charge is 0.371 e. The van der Waals surface area contributed by atoms with Crippen molar-refractivity contribution in [3.05, 3.63) is 64.7 Å². The highest BCUT2D eigenvalue weighted by Crippen LogP contribution is 2.32. The van der Waals surface area contributed by atoms with E-state index in [-0.39, 0.29) is 29.5 Å². The summed E-state index contributed by atoms with van der Waals surface area (Å²) in [5, 5.41) is 0.267. The van der Waals surface area contributed by atoms with Crippen molar-refractivity contribution >= 4 is 17.5 Å². The number of amides is 1. The lowest BCUT2D eigenvalue weighted by Gasteiger charge is -2.29. The summed E-state index contributed by atoms with van der Waals surface area (Å²) < 4.78 is 18.9. The van der Waals surface area contributed by atoms with Gasteiger partial charge in [-0.25, -0.2) is 4.39 Å². The number of nitrogens with zero attached hydrogens (tertiary/aromatic N) is 2. The summed E-state index contributed by atoms with van der Waals surface area (Å²) in [4.78, 5) is 18.4. The number of hydrogen-bond acceptors (Lipinski definition) is 3. The Labute approximate surface area is 145 Å². The van der Waals surface area contributed by atoms with E-state index in [1.807, 2.05) is 12.1 Å². The van der Waals surface area contributed by atoms with Crippen LogP contribution in [0.15, 0.2) is 42.7 Å². The molecule has 6 heteroatoms. The number of carbonyl (C=O) groups is 1. The minimum absolute atomic E-state index is 0.0547. The van der Waals surface area contributed by atoms with Gasteiger partial charge in [-0.2, -0.15) is 0 Å². The second-order valence-electron chi connectivity index (χ2n) is 5.85. The first-order valence-corrected chi connectivity index (χ1v) is 8.15. The minimum Gasteiger partial charge on any atom is -0.371 e. The fraction of sp³-hybridized carbons (Fsp3) is 0.333. The Morgan fingerprint density at radius 1 is 1.46 bits per heavy atom. The normalized spacial score (nSPS) is 20.1. The lowest BCUT2D eigenvalue weighted by Crippen LogP contribution is -2.39. The first-order valence-electron chi connectivity index (χ1n) is 7.77. The highest BCUT2D eigenvalue weighted by atomic mass is 35.5. The number of aromatic nitrogens is 1. The van der Waals surface area contributed by atoms with E-state index < -0.39 is 5.82 Å². The van der Waals surface area contributed by atoms with Crippen LogP contribution < -0.4 is 0 Å².